The summed E-state index contributed by atoms with van der Waals surface area (Å²) in [5, 5.41) is 10.0. The van der Waals surface area contributed by atoms with Crippen LogP contribution in [0, 0.1) is 17.3 Å². The van der Waals surface area contributed by atoms with E-state index in [9.17, 15) is 4.79 Å². The monoisotopic (exact) mass is 315 g/mol. The van der Waals surface area contributed by atoms with Gasteiger partial charge < -0.3 is 19.9 Å². The van der Waals surface area contributed by atoms with Crippen LogP contribution in [0.4, 0.5) is 5.82 Å². The lowest BCUT2D eigenvalue weighted by Gasteiger charge is -2.25. The Morgan fingerprint density at radius 2 is 2.39 bits per heavy atom. The summed E-state index contributed by atoms with van der Waals surface area (Å²) in [5.41, 5.74) is 1.02. The third-order valence-electron chi connectivity index (χ3n) is 5.67. The second kappa shape index (κ2) is 4.92. The minimum Gasteiger partial charge on any atom is -0.387 e. The fourth-order valence-corrected chi connectivity index (χ4v) is 4.22. The second-order valence-corrected chi connectivity index (χ2v) is 6.97. The zero-order valence-electron chi connectivity index (χ0n) is 13.4. The summed E-state index contributed by atoms with van der Waals surface area (Å²) < 4.78 is 0. The largest absolute Gasteiger partial charge is 0.387 e. The number of amides is 1. The first-order valence-corrected chi connectivity index (χ1v) is 7.92. The molecule has 2 fully saturated rings. The molecule has 2 N–H and O–H groups in total. The summed E-state index contributed by atoms with van der Waals surface area (Å²) in [6.45, 7) is 4.28. The number of nitrogens with one attached hydrogen (secondary N) is 1. The summed E-state index contributed by atoms with van der Waals surface area (Å²) in [6.07, 6.45) is 3.46. The van der Waals surface area contributed by atoms with Crippen molar-refractivity contribution in [3.05, 3.63) is 18.6 Å². The van der Waals surface area contributed by atoms with Crippen molar-refractivity contribution < 1.29 is 9.90 Å². The Labute approximate surface area is 134 Å². The molecule has 1 saturated heterocycles. The number of fused-ring (bicyclic) bond motifs is 2. The maximum Gasteiger partial charge on any atom is 0.248 e. The molecule has 122 valence electrons. The summed E-state index contributed by atoms with van der Waals surface area (Å²) in [6, 6.07) is 2.00. The molecule has 3 atom stereocenters. The Hall–Kier alpha value is -2.15. The van der Waals surface area contributed by atoms with Gasteiger partial charge in [0.15, 0.2) is 0 Å². The Morgan fingerprint density at radius 3 is 3.09 bits per heavy atom. The van der Waals surface area contributed by atoms with Crippen LogP contribution >= 0.6 is 0 Å². The molecule has 1 aliphatic carbocycles. The predicted octanol–water partition coefficient (Wildman–Crippen LogP) is 0.481. The van der Waals surface area contributed by atoms with E-state index in [-0.39, 0.29) is 17.9 Å². The quantitative estimate of drug-likeness (QED) is 0.857. The highest BCUT2D eigenvalue weighted by Gasteiger charge is 2.66. The number of aromatic amines is 1. The number of aliphatic hydroxyl groups is 1. The topological polar surface area (TPSA) is 85.3 Å². The summed E-state index contributed by atoms with van der Waals surface area (Å²) in [7, 11) is 2.06. The van der Waals surface area contributed by atoms with Crippen molar-refractivity contribution in [1.29, 1.82) is 0 Å². The van der Waals surface area contributed by atoms with E-state index in [1.807, 2.05) is 12.3 Å². The van der Waals surface area contributed by atoms with Crippen LogP contribution in [0.3, 0.4) is 0 Å². The molecule has 0 spiro atoms. The van der Waals surface area contributed by atoms with Crippen molar-refractivity contribution in [3.63, 3.8) is 0 Å². The maximum absolute atomic E-state index is 11.6. The maximum atomic E-state index is 11.6. The van der Waals surface area contributed by atoms with Gasteiger partial charge in [0.05, 0.1) is 5.39 Å². The van der Waals surface area contributed by atoms with Gasteiger partial charge in [0.2, 0.25) is 5.91 Å². The smallest absolute Gasteiger partial charge is 0.248 e. The van der Waals surface area contributed by atoms with Gasteiger partial charge in [-0.15, -0.1) is 0 Å². The molecule has 2 aliphatic rings. The minimum atomic E-state index is -0.389. The average Bonchev–Trinajstić information content (AvgIpc) is 2.97. The third-order valence-corrected chi connectivity index (χ3v) is 5.67. The van der Waals surface area contributed by atoms with Crippen LogP contribution in [0.2, 0.25) is 0 Å². The molecule has 3 heterocycles. The number of aliphatic hydroxyl groups excluding tert-OH is 1. The molecule has 0 radical (unpaired) electrons. The molecular formula is C16H21N5O2. The first kappa shape index (κ1) is 14.4. The van der Waals surface area contributed by atoms with E-state index in [4.69, 9.17) is 5.11 Å². The first-order chi connectivity index (χ1) is 11.0. The van der Waals surface area contributed by atoms with Gasteiger partial charge in [-0.1, -0.05) is 6.92 Å². The number of anilines is 1. The molecule has 23 heavy (non-hydrogen) atoms. The first-order valence-electron chi connectivity index (χ1n) is 7.92. The molecule has 3 unspecified atom stereocenters. The van der Waals surface area contributed by atoms with Crippen LogP contribution in [0.5, 0.6) is 0 Å². The highest BCUT2D eigenvalue weighted by Crippen LogP contribution is 2.63. The molecule has 1 saturated carbocycles. The van der Waals surface area contributed by atoms with Gasteiger partial charge in [0, 0.05) is 32.9 Å². The number of hydrogen-bond acceptors (Lipinski definition) is 5. The molecule has 2 aromatic rings. The summed E-state index contributed by atoms with van der Waals surface area (Å²) in [4.78, 5) is 27.4. The van der Waals surface area contributed by atoms with Crippen LogP contribution in [-0.4, -0.2) is 64.2 Å². The van der Waals surface area contributed by atoms with Gasteiger partial charge in [0.25, 0.3) is 0 Å². The number of carbonyl (C=O) groups excluding carboxylic acids is 1. The minimum absolute atomic E-state index is 0.157. The summed E-state index contributed by atoms with van der Waals surface area (Å²) >= 11 is 0. The average molecular weight is 315 g/mol. The van der Waals surface area contributed by atoms with Crippen molar-refractivity contribution in [2.45, 2.75) is 6.92 Å². The summed E-state index contributed by atoms with van der Waals surface area (Å²) in [5.74, 6) is 1.85. The molecule has 2 aromatic heterocycles. The molecule has 0 aromatic carbocycles. The third kappa shape index (κ3) is 2.10. The Kier molecular flexibility index (Phi) is 3.09. The highest BCUT2D eigenvalue weighted by molar-refractivity contribution is 5.87. The molecule has 0 bridgehead atoms. The van der Waals surface area contributed by atoms with E-state index in [1.165, 1.54) is 0 Å². The van der Waals surface area contributed by atoms with Gasteiger partial charge in [-0.25, -0.2) is 9.97 Å². The SMILES string of the molecule is CN(CC1C2CN(C(=O)CO)CC21C)c1ncnc2[nH]ccc12. The van der Waals surface area contributed by atoms with Gasteiger partial charge >= 0.3 is 0 Å². The standard InChI is InChI=1S/C16H21N5O2/c1-16-8-21(13(23)7-22)6-12(16)11(16)5-20(2)15-10-3-4-17-14(10)18-9-19-15/h3-4,9,11-12,22H,5-8H2,1-2H3,(H,17,18,19). The van der Waals surface area contributed by atoms with Crippen molar-refractivity contribution in [3.8, 4) is 0 Å². The lowest BCUT2D eigenvalue weighted by Crippen LogP contribution is -2.36. The molecule has 4 rings (SSSR count). The number of likely N-dealkylation sites (tertiary alicyclic amines) is 1. The van der Waals surface area contributed by atoms with Crippen molar-refractivity contribution in [1.82, 2.24) is 19.9 Å². The van der Waals surface area contributed by atoms with E-state index in [1.54, 1.807) is 11.2 Å². The van der Waals surface area contributed by atoms with Crippen molar-refractivity contribution in [2.24, 2.45) is 17.3 Å². The second-order valence-electron chi connectivity index (χ2n) is 6.97. The fraction of sp³-hybridized carbons (Fsp3) is 0.562. The number of rotatable bonds is 4. The fourth-order valence-electron chi connectivity index (χ4n) is 4.22. The number of hydrogen-bond donors (Lipinski definition) is 2. The Morgan fingerprint density at radius 1 is 1.57 bits per heavy atom. The lowest BCUT2D eigenvalue weighted by atomic mass is 10.1. The molecule has 7 nitrogen and oxygen atoms in total. The highest BCUT2D eigenvalue weighted by atomic mass is 16.3. The van der Waals surface area contributed by atoms with E-state index >= 15 is 0 Å². The van der Waals surface area contributed by atoms with Crippen LogP contribution in [0.25, 0.3) is 11.0 Å². The number of H-pyrrole nitrogens is 1. The number of aromatic nitrogens is 3. The van der Waals surface area contributed by atoms with Crippen molar-refractivity contribution >= 4 is 22.8 Å². The lowest BCUT2D eigenvalue weighted by molar-refractivity contribution is -0.134. The van der Waals surface area contributed by atoms with Crippen LogP contribution in [0.1, 0.15) is 6.92 Å². The molecule has 1 aliphatic heterocycles. The normalized spacial score (nSPS) is 28.9. The van der Waals surface area contributed by atoms with Gasteiger partial charge in [-0.05, 0) is 23.3 Å². The van der Waals surface area contributed by atoms with Gasteiger partial charge in [-0.3, -0.25) is 4.79 Å². The number of piperidine rings is 1. The molecule has 1 amide bonds. The van der Waals surface area contributed by atoms with Crippen LogP contribution in [0.15, 0.2) is 18.6 Å². The predicted molar refractivity (Wildman–Crippen MR) is 85.9 cm³/mol. The van der Waals surface area contributed by atoms with Gasteiger partial charge in [-0.2, -0.15) is 0 Å². The van der Waals surface area contributed by atoms with E-state index < -0.39 is 0 Å². The Bertz CT molecular complexity index is 760. The zero-order valence-corrected chi connectivity index (χ0v) is 13.4. The van der Waals surface area contributed by atoms with E-state index in [0.717, 1.165) is 36.5 Å². The van der Waals surface area contributed by atoms with Gasteiger partial charge in [0.1, 0.15) is 24.4 Å². The zero-order chi connectivity index (χ0) is 16.2. The Balaban J connectivity index is 1.47. The molecular weight excluding hydrogens is 294 g/mol. The van der Waals surface area contributed by atoms with Crippen LogP contribution in [-0.2, 0) is 4.79 Å². The van der Waals surface area contributed by atoms with E-state index in [2.05, 4.69) is 33.8 Å². The van der Waals surface area contributed by atoms with E-state index in [0.29, 0.717) is 11.8 Å². The number of nitrogens with zero attached hydrogens (tertiary/aromatic N) is 4. The number of carbonyl (C=O) groups is 1. The molecule has 7 heteroatoms. The van der Waals surface area contributed by atoms with Crippen LogP contribution < -0.4 is 4.90 Å². The van der Waals surface area contributed by atoms with Crippen molar-refractivity contribution in [2.75, 3.05) is 38.2 Å².